The minimum atomic E-state index is -2.67. The van der Waals surface area contributed by atoms with E-state index in [4.69, 9.17) is 4.74 Å². The van der Waals surface area contributed by atoms with Crippen LogP contribution in [0.1, 0.15) is 28.2 Å². The van der Waals surface area contributed by atoms with E-state index in [0.29, 0.717) is 28.9 Å². The molecule has 1 aromatic heterocycles. The Morgan fingerprint density at radius 1 is 1.29 bits per heavy atom. The molecule has 7 heteroatoms. The minimum absolute atomic E-state index is 0.296. The number of hydrogen-bond donors (Lipinski definition) is 2. The van der Waals surface area contributed by atoms with Crippen molar-refractivity contribution in [1.82, 2.24) is 9.97 Å². The van der Waals surface area contributed by atoms with Crippen LogP contribution in [0.3, 0.4) is 0 Å². The number of carbonyl (C=O) groups is 1. The fourth-order valence-electron chi connectivity index (χ4n) is 2.43. The normalized spacial score (nSPS) is 11.2. The molecular weight excluding hydrogens is 316 g/mol. The molecule has 3 rings (SSSR count). The largest absolute Gasteiger partial charge is 0.380 e. The minimum Gasteiger partial charge on any atom is -0.380 e. The number of imidazole rings is 1. The van der Waals surface area contributed by atoms with Gasteiger partial charge < -0.3 is 15.0 Å². The van der Waals surface area contributed by atoms with Crippen molar-refractivity contribution < 1.29 is 18.3 Å². The van der Waals surface area contributed by atoms with Gasteiger partial charge in [0.2, 0.25) is 0 Å². The Morgan fingerprint density at radius 3 is 2.83 bits per heavy atom. The molecule has 0 aliphatic heterocycles. The number of alkyl halides is 2. The first-order valence-electron chi connectivity index (χ1n) is 7.24. The van der Waals surface area contributed by atoms with Gasteiger partial charge in [-0.2, -0.15) is 0 Å². The van der Waals surface area contributed by atoms with Crippen molar-refractivity contribution in [1.29, 1.82) is 0 Å². The number of fused-ring (bicyclic) bond motifs is 1. The maximum atomic E-state index is 12.7. The van der Waals surface area contributed by atoms with Gasteiger partial charge >= 0.3 is 0 Å². The number of methoxy groups -OCH3 is 1. The van der Waals surface area contributed by atoms with Gasteiger partial charge in [-0.3, -0.25) is 4.79 Å². The maximum absolute atomic E-state index is 12.7. The summed E-state index contributed by atoms with van der Waals surface area (Å²) in [6.45, 7) is 0.320. The number of benzene rings is 2. The highest BCUT2D eigenvalue weighted by atomic mass is 19.3. The number of halogens is 2. The zero-order valence-electron chi connectivity index (χ0n) is 12.8. The van der Waals surface area contributed by atoms with E-state index in [1.165, 1.54) is 0 Å². The lowest BCUT2D eigenvalue weighted by atomic mass is 10.1. The number of nitrogens with one attached hydrogen (secondary N) is 2. The van der Waals surface area contributed by atoms with Gasteiger partial charge in [-0.25, -0.2) is 13.8 Å². The van der Waals surface area contributed by atoms with E-state index in [1.807, 2.05) is 12.1 Å². The summed E-state index contributed by atoms with van der Waals surface area (Å²) in [5, 5.41) is 2.76. The van der Waals surface area contributed by atoms with Crippen molar-refractivity contribution in [3.05, 3.63) is 59.4 Å². The van der Waals surface area contributed by atoms with Crippen LogP contribution in [0.2, 0.25) is 0 Å². The van der Waals surface area contributed by atoms with Crippen molar-refractivity contribution in [2.45, 2.75) is 13.0 Å². The second-order valence-electron chi connectivity index (χ2n) is 5.20. The molecule has 0 bridgehead atoms. The summed E-state index contributed by atoms with van der Waals surface area (Å²) >= 11 is 0. The molecule has 24 heavy (non-hydrogen) atoms. The fourth-order valence-corrected chi connectivity index (χ4v) is 2.43. The van der Waals surface area contributed by atoms with Crippen molar-refractivity contribution in [3.63, 3.8) is 0 Å². The number of hydrogen-bond acceptors (Lipinski definition) is 3. The fraction of sp³-hybridized carbons (Fsp3) is 0.176. The van der Waals surface area contributed by atoms with Gasteiger partial charge in [0, 0.05) is 18.4 Å². The first-order valence-corrected chi connectivity index (χ1v) is 7.24. The molecule has 5 nitrogen and oxygen atoms in total. The molecule has 1 heterocycles. The Hall–Kier alpha value is -2.80. The van der Waals surface area contributed by atoms with Gasteiger partial charge in [0.05, 0.1) is 17.6 Å². The number of carbonyl (C=O) groups excluding carboxylic acids is 1. The smallest absolute Gasteiger partial charge is 0.295 e. The monoisotopic (exact) mass is 331 g/mol. The standard InChI is InChI=1S/C17H15F2N3O2/c1-24-9-10-4-2-3-5-12(10)17(23)20-11-6-7-13-14(8-11)22-16(21-13)15(18)19/h2-8,15H,9H2,1H3,(H,20,23)(H,21,22). The third-order valence-electron chi connectivity index (χ3n) is 3.53. The van der Waals surface area contributed by atoms with Gasteiger partial charge in [-0.05, 0) is 29.8 Å². The third kappa shape index (κ3) is 3.26. The van der Waals surface area contributed by atoms with Gasteiger partial charge in [-0.15, -0.1) is 0 Å². The van der Waals surface area contributed by atoms with Gasteiger partial charge in [0.15, 0.2) is 5.82 Å². The Balaban J connectivity index is 1.85. The summed E-state index contributed by atoms with van der Waals surface area (Å²) < 4.78 is 30.4. The highest BCUT2D eigenvalue weighted by molar-refractivity contribution is 6.05. The molecule has 124 valence electrons. The molecule has 0 radical (unpaired) electrons. The first kappa shape index (κ1) is 16.1. The molecule has 0 aliphatic carbocycles. The molecular formula is C17H15F2N3O2. The highest BCUT2D eigenvalue weighted by Crippen LogP contribution is 2.23. The van der Waals surface area contributed by atoms with E-state index in [9.17, 15) is 13.6 Å². The van der Waals surface area contributed by atoms with Crippen LogP contribution < -0.4 is 5.32 Å². The van der Waals surface area contributed by atoms with Gasteiger partial charge in [0.25, 0.3) is 12.3 Å². The van der Waals surface area contributed by atoms with Crippen LogP contribution in [0.25, 0.3) is 11.0 Å². The number of nitrogens with zero attached hydrogens (tertiary/aromatic N) is 1. The molecule has 0 unspecified atom stereocenters. The zero-order chi connectivity index (χ0) is 17.1. The molecule has 0 atom stereocenters. The number of ether oxygens (including phenoxy) is 1. The van der Waals surface area contributed by atoms with Crippen LogP contribution in [0.4, 0.5) is 14.5 Å². The number of amides is 1. The highest BCUT2D eigenvalue weighted by Gasteiger charge is 2.14. The van der Waals surface area contributed by atoms with E-state index in [-0.39, 0.29) is 11.7 Å². The second kappa shape index (κ2) is 6.76. The van der Waals surface area contributed by atoms with Crippen molar-refractivity contribution in [2.75, 3.05) is 12.4 Å². The number of H-pyrrole nitrogens is 1. The summed E-state index contributed by atoms with van der Waals surface area (Å²) in [4.78, 5) is 18.8. The predicted octanol–water partition coefficient (Wildman–Crippen LogP) is 3.90. The average Bonchev–Trinajstić information content (AvgIpc) is 2.99. The summed E-state index contributed by atoms with van der Waals surface area (Å²) in [7, 11) is 1.56. The summed E-state index contributed by atoms with van der Waals surface area (Å²) in [5.41, 5.74) is 2.61. The van der Waals surface area contributed by atoms with Crippen LogP contribution in [0.5, 0.6) is 0 Å². The SMILES string of the molecule is COCc1ccccc1C(=O)Nc1ccc2nc(C(F)F)[nH]c2c1. The topological polar surface area (TPSA) is 67.0 Å². The van der Waals surface area contributed by atoms with Crippen LogP contribution in [-0.2, 0) is 11.3 Å². The number of aromatic amines is 1. The zero-order valence-corrected chi connectivity index (χ0v) is 12.8. The number of rotatable bonds is 5. The van der Waals surface area contributed by atoms with E-state index in [2.05, 4.69) is 15.3 Å². The summed E-state index contributed by atoms with van der Waals surface area (Å²) in [6.07, 6.45) is -2.67. The van der Waals surface area contributed by atoms with E-state index < -0.39 is 6.43 Å². The van der Waals surface area contributed by atoms with Crippen molar-refractivity contribution >= 4 is 22.6 Å². The Morgan fingerprint density at radius 2 is 2.08 bits per heavy atom. The molecule has 0 spiro atoms. The third-order valence-corrected chi connectivity index (χ3v) is 3.53. The van der Waals surface area contributed by atoms with Crippen molar-refractivity contribution in [3.8, 4) is 0 Å². The average molecular weight is 331 g/mol. The van der Waals surface area contributed by atoms with Crippen LogP contribution in [-0.4, -0.2) is 23.0 Å². The maximum Gasteiger partial charge on any atom is 0.295 e. The Labute approximate surface area is 136 Å². The number of aromatic nitrogens is 2. The second-order valence-corrected chi connectivity index (χ2v) is 5.20. The molecule has 2 aromatic carbocycles. The first-order chi connectivity index (χ1) is 11.6. The van der Waals surface area contributed by atoms with Crippen LogP contribution in [0, 0.1) is 0 Å². The number of anilines is 1. The quantitative estimate of drug-likeness (QED) is 0.745. The lowest BCUT2D eigenvalue weighted by molar-refractivity contribution is 0.102. The molecule has 2 N–H and O–H groups in total. The van der Waals surface area contributed by atoms with E-state index in [0.717, 1.165) is 5.56 Å². The predicted molar refractivity (Wildman–Crippen MR) is 86.2 cm³/mol. The molecule has 3 aromatic rings. The van der Waals surface area contributed by atoms with Gasteiger partial charge in [-0.1, -0.05) is 18.2 Å². The van der Waals surface area contributed by atoms with E-state index >= 15 is 0 Å². The van der Waals surface area contributed by atoms with E-state index in [1.54, 1.807) is 37.4 Å². The molecule has 0 aliphatic rings. The lowest BCUT2D eigenvalue weighted by Crippen LogP contribution is -2.14. The molecule has 0 saturated carbocycles. The van der Waals surface area contributed by atoms with Crippen LogP contribution >= 0.6 is 0 Å². The van der Waals surface area contributed by atoms with Gasteiger partial charge in [0.1, 0.15) is 0 Å². The molecule has 0 fully saturated rings. The molecule has 1 amide bonds. The summed E-state index contributed by atoms with van der Waals surface area (Å²) in [6, 6.07) is 11.9. The Bertz CT molecular complexity index is 877. The summed E-state index contributed by atoms with van der Waals surface area (Å²) in [5.74, 6) is -0.686. The Kier molecular flexibility index (Phi) is 4.52. The molecule has 0 saturated heterocycles. The van der Waals surface area contributed by atoms with Crippen LogP contribution in [0.15, 0.2) is 42.5 Å². The van der Waals surface area contributed by atoms with Crippen molar-refractivity contribution in [2.24, 2.45) is 0 Å². The lowest BCUT2D eigenvalue weighted by Gasteiger charge is -2.09.